The molecule has 0 amide bonds. The van der Waals surface area contributed by atoms with E-state index in [0.717, 1.165) is 12.5 Å². The molecule has 1 saturated heterocycles. The third-order valence-corrected chi connectivity index (χ3v) is 3.84. The average molecular weight is 240 g/mol. The Bertz CT molecular complexity index is 217. The van der Waals surface area contributed by atoms with E-state index in [1.54, 1.807) is 0 Å². The summed E-state index contributed by atoms with van der Waals surface area (Å²) >= 11 is 0. The molecule has 2 unspecified atom stereocenters. The number of hydrogen-bond acceptors (Lipinski definition) is 2. The van der Waals surface area contributed by atoms with Gasteiger partial charge in [-0.15, -0.1) is 0 Å². The number of hydrogen-bond donors (Lipinski definition) is 1. The SMILES string of the molecule is CC(C)CCCN1CC(C)NCC1C(C)(C)C. The molecule has 0 aromatic heterocycles. The molecule has 0 spiro atoms. The molecule has 1 rings (SSSR count). The topological polar surface area (TPSA) is 15.3 Å². The third-order valence-electron chi connectivity index (χ3n) is 3.84. The van der Waals surface area contributed by atoms with Gasteiger partial charge in [-0.1, -0.05) is 34.6 Å². The zero-order chi connectivity index (χ0) is 13.1. The Morgan fingerprint density at radius 1 is 1.29 bits per heavy atom. The number of rotatable bonds is 4. The van der Waals surface area contributed by atoms with E-state index in [2.05, 4.69) is 51.8 Å². The van der Waals surface area contributed by atoms with Gasteiger partial charge in [0.25, 0.3) is 0 Å². The van der Waals surface area contributed by atoms with Gasteiger partial charge in [0.1, 0.15) is 0 Å². The standard InChI is InChI=1S/C15H32N2/c1-12(2)8-7-9-17-11-13(3)16-10-14(17)15(4,5)6/h12-14,16H,7-11H2,1-6H3. The van der Waals surface area contributed by atoms with Crippen LogP contribution in [0.25, 0.3) is 0 Å². The summed E-state index contributed by atoms with van der Waals surface area (Å²) in [5.41, 5.74) is 0.380. The fourth-order valence-corrected chi connectivity index (χ4v) is 2.79. The molecular weight excluding hydrogens is 208 g/mol. The van der Waals surface area contributed by atoms with E-state index in [4.69, 9.17) is 0 Å². The van der Waals surface area contributed by atoms with Crippen molar-refractivity contribution >= 4 is 0 Å². The Labute approximate surface area is 108 Å². The molecule has 2 heteroatoms. The van der Waals surface area contributed by atoms with E-state index in [1.165, 1.54) is 25.9 Å². The second-order valence-corrected chi connectivity index (χ2v) is 7.22. The van der Waals surface area contributed by atoms with Crippen molar-refractivity contribution in [1.82, 2.24) is 10.2 Å². The van der Waals surface area contributed by atoms with E-state index in [9.17, 15) is 0 Å². The maximum absolute atomic E-state index is 3.63. The molecule has 0 aromatic carbocycles. The van der Waals surface area contributed by atoms with Gasteiger partial charge in [-0.2, -0.15) is 0 Å². The lowest BCUT2D eigenvalue weighted by molar-refractivity contribution is 0.0570. The van der Waals surface area contributed by atoms with Crippen LogP contribution in [0.15, 0.2) is 0 Å². The van der Waals surface area contributed by atoms with Crippen LogP contribution in [0.2, 0.25) is 0 Å². The first-order valence-electron chi connectivity index (χ1n) is 7.28. The first kappa shape index (κ1) is 15.0. The minimum Gasteiger partial charge on any atom is -0.311 e. The van der Waals surface area contributed by atoms with Crippen molar-refractivity contribution in [2.75, 3.05) is 19.6 Å². The summed E-state index contributed by atoms with van der Waals surface area (Å²) in [4.78, 5) is 2.71. The molecule has 1 fully saturated rings. The molecule has 0 bridgehead atoms. The van der Waals surface area contributed by atoms with Crippen molar-refractivity contribution < 1.29 is 0 Å². The molecule has 1 aliphatic rings. The highest BCUT2D eigenvalue weighted by molar-refractivity contribution is 4.91. The van der Waals surface area contributed by atoms with E-state index < -0.39 is 0 Å². The Balaban J connectivity index is 2.50. The van der Waals surface area contributed by atoms with Crippen LogP contribution in [0.4, 0.5) is 0 Å². The lowest BCUT2D eigenvalue weighted by atomic mass is 9.84. The average Bonchev–Trinajstić information content (AvgIpc) is 2.15. The van der Waals surface area contributed by atoms with E-state index >= 15 is 0 Å². The highest BCUT2D eigenvalue weighted by atomic mass is 15.2. The summed E-state index contributed by atoms with van der Waals surface area (Å²) in [5, 5.41) is 3.63. The fourth-order valence-electron chi connectivity index (χ4n) is 2.79. The second-order valence-electron chi connectivity index (χ2n) is 7.22. The van der Waals surface area contributed by atoms with Crippen LogP contribution in [-0.2, 0) is 0 Å². The first-order chi connectivity index (χ1) is 7.80. The van der Waals surface area contributed by atoms with Crippen LogP contribution in [0, 0.1) is 11.3 Å². The summed E-state index contributed by atoms with van der Waals surface area (Å²) in [6.07, 6.45) is 2.70. The molecule has 17 heavy (non-hydrogen) atoms. The largest absolute Gasteiger partial charge is 0.311 e. The third kappa shape index (κ3) is 4.97. The van der Waals surface area contributed by atoms with Crippen LogP contribution in [-0.4, -0.2) is 36.6 Å². The van der Waals surface area contributed by atoms with Gasteiger partial charge in [0.15, 0.2) is 0 Å². The minimum absolute atomic E-state index is 0.380. The van der Waals surface area contributed by atoms with Gasteiger partial charge in [0, 0.05) is 25.2 Å². The molecule has 1 aliphatic heterocycles. The second kappa shape index (κ2) is 6.19. The normalized spacial score (nSPS) is 27.7. The monoisotopic (exact) mass is 240 g/mol. The summed E-state index contributed by atoms with van der Waals surface area (Å²) in [6.45, 7) is 17.7. The minimum atomic E-state index is 0.380. The molecular formula is C15H32N2. The highest BCUT2D eigenvalue weighted by Gasteiger charge is 2.33. The van der Waals surface area contributed by atoms with Gasteiger partial charge in [-0.25, -0.2) is 0 Å². The zero-order valence-corrected chi connectivity index (χ0v) is 12.7. The summed E-state index contributed by atoms with van der Waals surface area (Å²) in [7, 11) is 0. The number of nitrogens with one attached hydrogen (secondary N) is 1. The molecule has 0 radical (unpaired) electrons. The molecule has 102 valence electrons. The van der Waals surface area contributed by atoms with Gasteiger partial charge < -0.3 is 5.32 Å². The molecule has 2 nitrogen and oxygen atoms in total. The summed E-state index contributed by atoms with van der Waals surface area (Å²) in [6, 6.07) is 1.33. The summed E-state index contributed by atoms with van der Waals surface area (Å²) in [5.74, 6) is 0.837. The molecule has 0 aromatic rings. The van der Waals surface area contributed by atoms with Crippen LogP contribution in [0.3, 0.4) is 0 Å². The fraction of sp³-hybridized carbons (Fsp3) is 1.00. The van der Waals surface area contributed by atoms with Crippen molar-refractivity contribution in [3.8, 4) is 0 Å². The molecule has 2 atom stereocenters. The molecule has 0 aliphatic carbocycles. The number of piperazine rings is 1. The van der Waals surface area contributed by atoms with Crippen LogP contribution in [0.5, 0.6) is 0 Å². The molecule has 1 N–H and O–H groups in total. The van der Waals surface area contributed by atoms with E-state index in [-0.39, 0.29) is 0 Å². The van der Waals surface area contributed by atoms with Crippen molar-refractivity contribution in [1.29, 1.82) is 0 Å². The Hall–Kier alpha value is -0.0800. The van der Waals surface area contributed by atoms with Crippen molar-refractivity contribution in [3.05, 3.63) is 0 Å². The highest BCUT2D eigenvalue weighted by Crippen LogP contribution is 2.26. The zero-order valence-electron chi connectivity index (χ0n) is 12.7. The van der Waals surface area contributed by atoms with Gasteiger partial charge in [-0.3, -0.25) is 4.90 Å². The maximum Gasteiger partial charge on any atom is 0.0269 e. The van der Waals surface area contributed by atoms with Crippen LogP contribution in [0.1, 0.15) is 54.4 Å². The Morgan fingerprint density at radius 2 is 1.94 bits per heavy atom. The lowest BCUT2D eigenvalue weighted by Gasteiger charge is -2.46. The maximum atomic E-state index is 3.63. The van der Waals surface area contributed by atoms with E-state index in [0.29, 0.717) is 17.5 Å². The smallest absolute Gasteiger partial charge is 0.0269 e. The Morgan fingerprint density at radius 3 is 2.47 bits per heavy atom. The van der Waals surface area contributed by atoms with Gasteiger partial charge in [0.05, 0.1) is 0 Å². The number of nitrogens with zero attached hydrogens (tertiary/aromatic N) is 1. The van der Waals surface area contributed by atoms with Gasteiger partial charge >= 0.3 is 0 Å². The van der Waals surface area contributed by atoms with Gasteiger partial charge in [-0.05, 0) is 37.6 Å². The van der Waals surface area contributed by atoms with E-state index in [1.807, 2.05) is 0 Å². The van der Waals surface area contributed by atoms with Crippen LogP contribution >= 0.6 is 0 Å². The predicted molar refractivity (Wildman–Crippen MR) is 76.4 cm³/mol. The van der Waals surface area contributed by atoms with Crippen molar-refractivity contribution in [2.24, 2.45) is 11.3 Å². The molecule has 1 heterocycles. The predicted octanol–water partition coefficient (Wildman–Crippen LogP) is 3.13. The van der Waals surface area contributed by atoms with Crippen molar-refractivity contribution in [2.45, 2.75) is 66.5 Å². The quantitative estimate of drug-likeness (QED) is 0.812. The summed E-state index contributed by atoms with van der Waals surface area (Å²) < 4.78 is 0. The van der Waals surface area contributed by atoms with Gasteiger partial charge in [0.2, 0.25) is 0 Å². The first-order valence-corrected chi connectivity index (χ1v) is 7.28. The molecule has 0 saturated carbocycles. The van der Waals surface area contributed by atoms with Crippen molar-refractivity contribution in [3.63, 3.8) is 0 Å². The Kier molecular flexibility index (Phi) is 5.46. The lowest BCUT2D eigenvalue weighted by Crippen LogP contribution is -2.59. The van der Waals surface area contributed by atoms with Crippen LogP contribution < -0.4 is 5.32 Å².